The fraction of sp³-hybridized carbons (Fsp3) is 0.0625. The molecule has 21 heavy (non-hydrogen) atoms. The lowest BCUT2D eigenvalue weighted by atomic mass is 10.1. The van der Waals surface area contributed by atoms with Crippen LogP contribution in [-0.4, -0.2) is 11.1 Å². The Morgan fingerprint density at radius 1 is 1.19 bits per heavy atom. The monoisotopic (exact) mass is 284 g/mol. The first-order valence-electron chi connectivity index (χ1n) is 6.33. The number of nitrogens with zero attached hydrogens (tertiary/aromatic N) is 1. The summed E-state index contributed by atoms with van der Waals surface area (Å²) in [7, 11) is 0. The van der Waals surface area contributed by atoms with Gasteiger partial charge >= 0.3 is 5.97 Å². The molecule has 4 nitrogen and oxygen atoms in total. The predicted octanol–water partition coefficient (Wildman–Crippen LogP) is 2.93. The number of ether oxygens (including phenoxy) is 1. The van der Waals surface area contributed by atoms with Crippen molar-refractivity contribution in [3.8, 4) is 11.3 Å². The summed E-state index contributed by atoms with van der Waals surface area (Å²) in [5, 5.41) is 3.87. The number of aromatic nitrogens is 1. The van der Waals surface area contributed by atoms with Gasteiger partial charge in [-0.2, -0.15) is 0 Å². The smallest absolute Gasteiger partial charge is 0.314 e. The van der Waals surface area contributed by atoms with E-state index in [1.165, 1.54) is 12.1 Å². The Morgan fingerprint density at radius 3 is 2.62 bits per heavy atom. The molecule has 0 unspecified atom stereocenters. The van der Waals surface area contributed by atoms with Crippen LogP contribution in [0.1, 0.15) is 5.76 Å². The number of hydrogen-bond donors (Lipinski definition) is 0. The maximum Gasteiger partial charge on any atom is 0.314 e. The Balaban J connectivity index is 1.60. The van der Waals surface area contributed by atoms with E-state index in [1.54, 1.807) is 43.9 Å². The zero-order valence-electron chi connectivity index (χ0n) is 11.0. The van der Waals surface area contributed by atoms with E-state index in [0.29, 0.717) is 17.4 Å². The molecule has 0 amide bonds. The molecule has 5 radical (unpaired) electrons. The number of carbonyl (C=O) groups is 1. The molecule has 0 atom stereocenters. The van der Waals surface area contributed by atoms with Crippen molar-refractivity contribution in [2.24, 2.45) is 0 Å². The first-order valence-corrected chi connectivity index (χ1v) is 6.33. The molecule has 1 saturated carbocycles. The van der Waals surface area contributed by atoms with Crippen molar-refractivity contribution in [1.29, 1.82) is 0 Å². The van der Waals surface area contributed by atoms with E-state index in [2.05, 4.69) is 5.16 Å². The topological polar surface area (TPSA) is 52.3 Å². The number of esters is 1. The molecule has 0 saturated heterocycles. The van der Waals surface area contributed by atoms with Crippen molar-refractivity contribution in [1.82, 2.24) is 5.16 Å². The zero-order valence-corrected chi connectivity index (χ0v) is 11.0. The van der Waals surface area contributed by atoms with E-state index in [1.807, 2.05) is 0 Å². The SMILES string of the molecule is O=C(OCc1cc(-c2ccc(F)cc2)no1)[C]1[CH][CH][CH][CH]1. The molecular formula is C16H11FNO3. The van der Waals surface area contributed by atoms with Crippen molar-refractivity contribution in [2.75, 3.05) is 0 Å². The van der Waals surface area contributed by atoms with Gasteiger partial charge in [-0.25, -0.2) is 4.39 Å². The van der Waals surface area contributed by atoms with Gasteiger partial charge < -0.3 is 9.26 Å². The van der Waals surface area contributed by atoms with Gasteiger partial charge in [-0.1, -0.05) is 5.16 Å². The third-order valence-electron chi connectivity index (χ3n) is 2.94. The minimum absolute atomic E-state index is 0.00178. The lowest BCUT2D eigenvalue weighted by Gasteiger charge is -2.06. The molecular weight excluding hydrogens is 273 g/mol. The molecule has 0 N–H and O–H groups in total. The Kier molecular flexibility index (Phi) is 3.99. The standard InChI is InChI=1S/C16H11FNO3/c17-13-7-5-11(6-8-13)15-9-14(21-18-15)10-20-16(19)12-3-1-2-4-12/h1-9H,10H2. The maximum absolute atomic E-state index is 12.9. The van der Waals surface area contributed by atoms with Crippen molar-refractivity contribution < 1.29 is 18.4 Å². The second-order valence-electron chi connectivity index (χ2n) is 4.44. The van der Waals surface area contributed by atoms with Gasteiger partial charge in [0.15, 0.2) is 12.4 Å². The van der Waals surface area contributed by atoms with E-state index in [9.17, 15) is 9.18 Å². The molecule has 1 aromatic carbocycles. The van der Waals surface area contributed by atoms with E-state index < -0.39 is 5.97 Å². The second-order valence-corrected chi connectivity index (χ2v) is 4.44. The highest BCUT2D eigenvalue weighted by Gasteiger charge is 2.26. The Morgan fingerprint density at radius 2 is 1.90 bits per heavy atom. The number of benzene rings is 1. The van der Waals surface area contributed by atoms with Gasteiger partial charge in [0.1, 0.15) is 11.5 Å². The molecule has 2 aromatic rings. The van der Waals surface area contributed by atoms with Crippen molar-refractivity contribution in [3.05, 3.63) is 73.5 Å². The van der Waals surface area contributed by atoms with Crippen LogP contribution < -0.4 is 0 Å². The fourth-order valence-electron chi connectivity index (χ4n) is 1.87. The highest BCUT2D eigenvalue weighted by atomic mass is 19.1. The van der Waals surface area contributed by atoms with E-state index in [0.717, 1.165) is 5.56 Å². The van der Waals surface area contributed by atoms with Crippen molar-refractivity contribution >= 4 is 5.97 Å². The van der Waals surface area contributed by atoms with Gasteiger partial charge in [0.2, 0.25) is 0 Å². The summed E-state index contributed by atoms with van der Waals surface area (Å²) in [5.41, 5.74) is 1.29. The van der Waals surface area contributed by atoms with Gasteiger partial charge in [-0.05, 0) is 49.9 Å². The molecule has 105 valence electrons. The van der Waals surface area contributed by atoms with Gasteiger partial charge in [-0.15, -0.1) is 0 Å². The van der Waals surface area contributed by atoms with Crippen molar-refractivity contribution in [3.63, 3.8) is 0 Å². The summed E-state index contributed by atoms with van der Waals surface area (Å²) < 4.78 is 23.1. The third kappa shape index (κ3) is 3.29. The molecule has 1 aromatic heterocycles. The minimum atomic E-state index is -0.417. The van der Waals surface area contributed by atoms with Crippen LogP contribution in [0.3, 0.4) is 0 Å². The van der Waals surface area contributed by atoms with E-state index >= 15 is 0 Å². The van der Waals surface area contributed by atoms with E-state index in [-0.39, 0.29) is 12.4 Å². The van der Waals surface area contributed by atoms with Gasteiger partial charge in [0.25, 0.3) is 0 Å². The summed E-state index contributed by atoms with van der Waals surface area (Å²) in [6, 6.07) is 7.56. The molecule has 1 fully saturated rings. The Labute approximate surface area is 121 Å². The van der Waals surface area contributed by atoms with Crippen molar-refractivity contribution in [2.45, 2.75) is 6.61 Å². The first kappa shape index (κ1) is 13.8. The summed E-state index contributed by atoms with van der Waals surface area (Å²) in [4.78, 5) is 11.7. The normalized spacial score (nSPS) is 15.3. The third-order valence-corrected chi connectivity index (χ3v) is 2.94. The average Bonchev–Trinajstić information content (AvgIpc) is 3.17. The Bertz CT molecular complexity index is 615. The first-order chi connectivity index (χ1) is 10.2. The highest BCUT2D eigenvalue weighted by Crippen LogP contribution is 2.25. The molecule has 1 aliphatic carbocycles. The molecule has 0 spiro atoms. The average molecular weight is 284 g/mol. The summed E-state index contributed by atoms with van der Waals surface area (Å²) in [5.74, 6) is 0.188. The molecule has 1 heterocycles. The van der Waals surface area contributed by atoms with Crippen LogP contribution in [0.5, 0.6) is 0 Å². The summed E-state index contributed by atoms with van der Waals surface area (Å²) in [6.07, 6.45) is 6.87. The Hall–Kier alpha value is -2.17. The molecule has 3 rings (SSSR count). The highest BCUT2D eigenvalue weighted by molar-refractivity contribution is 5.91. The van der Waals surface area contributed by atoms with Crippen LogP contribution in [0.25, 0.3) is 11.3 Å². The second kappa shape index (κ2) is 6.08. The largest absolute Gasteiger partial charge is 0.457 e. The number of carbonyl (C=O) groups excluding carboxylic acids is 1. The van der Waals surface area contributed by atoms with Crippen LogP contribution in [-0.2, 0) is 16.1 Å². The maximum atomic E-state index is 12.9. The molecule has 5 heteroatoms. The summed E-state index contributed by atoms with van der Waals surface area (Å²) >= 11 is 0. The van der Waals surface area contributed by atoms with Crippen LogP contribution >= 0.6 is 0 Å². The molecule has 1 aliphatic rings. The number of halogens is 1. The number of rotatable bonds is 4. The molecule has 0 aliphatic heterocycles. The predicted molar refractivity (Wildman–Crippen MR) is 72.1 cm³/mol. The van der Waals surface area contributed by atoms with Crippen LogP contribution in [0.4, 0.5) is 4.39 Å². The lowest BCUT2D eigenvalue weighted by molar-refractivity contribution is -0.142. The van der Waals surface area contributed by atoms with Crippen LogP contribution in [0.2, 0.25) is 0 Å². The van der Waals surface area contributed by atoms with Gasteiger partial charge in [0.05, 0.1) is 5.92 Å². The summed E-state index contributed by atoms with van der Waals surface area (Å²) in [6.45, 7) is -0.00178. The molecule has 0 bridgehead atoms. The van der Waals surface area contributed by atoms with E-state index in [4.69, 9.17) is 9.26 Å². The quantitative estimate of drug-likeness (QED) is 0.810. The van der Waals surface area contributed by atoms with Gasteiger partial charge in [-0.3, -0.25) is 4.79 Å². The minimum Gasteiger partial charge on any atom is -0.457 e. The lowest BCUT2D eigenvalue weighted by Crippen LogP contribution is -2.13. The van der Waals surface area contributed by atoms with Crippen LogP contribution in [0, 0.1) is 37.4 Å². The zero-order chi connectivity index (χ0) is 14.7. The van der Waals surface area contributed by atoms with Crippen LogP contribution in [0.15, 0.2) is 34.9 Å². The number of hydrogen-bond acceptors (Lipinski definition) is 4. The van der Waals surface area contributed by atoms with Gasteiger partial charge in [0, 0.05) is 11.6 Å². The fourth-order valence-corrected chi connectivity index (χ4v) is 1.87.